The summed E-state index contributed by atoms with van der Waals surface area (Å²) >= 11 is 0. The summed E-state index contributed by atoms with van der Waals surface area (Å²) in [7, 11) is 0. The number of rotatable bonds is 1. The summed E-state index contributed by atoms with van der Waals surface area (Å²) in [6.07, 6.45) is 0. The molecule has 3 heteroatoms. The Labute approximate surface area is 80.1 Å². The molecule has 1 fully saturated rings. The molecule has 1 saturated heterocycles. The van der Waals surface area contributed by atoms with Gasteiger partial charge >= 0.3 is 0 Å². The minimum atomic E-state index is 0.0861. The molecular formula is C10H19NO2. The SMILES string of the molecule is CC(C)C(=O)N1C(C)COC[C@H]1C. The van der Waals surface area contributed by atoms with Crippen LogP contribution in [0.4, 0.5) is 0 Å². The zero-order valence-corrected chi connectivity index (χ0v) is 8.91. The number of carbonyl (C=O) groups is 1. The highest BCUT2D eigenvalue weighted by molar-refractivity contribution is 5.78. The second kappa shape index (κ2) is 4.09. The molecule has 1 aliphatic rings. The third kappa shape index (κ3) is 2.21. The van der Waals surface area contributed by atoms with Gasteiger partial charge in [0.1, 0.15) is 0 Å². The van der Waals surface area contributed by atoms with E-state index in [2.05, 4.69) is 0 Å². The van der Waals surface area contributed by atoms with Crippen LogP contribution in [0.15, 0.2) is 0 Å². The van der Waals surface area contributed by atoms with Crippen molar-refractivity contribution in [3.05, 3.63) is 0 Å². The van der Waals surface area contributed by atoms with Gasteiger partial charge in [0.2, 0.25) is 5.91 Å². The molecule has 0 N–H and O–H groups in total. The molecule has 0 aromatic heterocycles. The van der Waals surface area contributed by atoms with E-state index in [1.807, 2.05) is 32.6 Å². The Morgan fingerprint density at radius 1 is 1.31 bits per heavy atom. The zero-order chi connectivity index (χ0) is 10.0. The molecule has 0 spiro atoms. The van der Waals surface area contributed by atoms with E-state index in [1.165, 1.54) is 0 Å². The van der Waals surface area contributed by atoms with Crippen LogP contribution in [-0.2, 0) is 9.53 Å². The summed E-state index contributed by atoms with van der Waals surface area (Å²) in [6, 6.07) is 0.442. The summed E-state index contributed by atoms with van der Waals surface area (Å²) in [5, 5.41) is 0. The molecule has 3 nitrogen and oxygen atoms in total. The van der Waals surface area contributed by atoms with E-state index in [4.69, 9.17) is 4.74 Å². The third-order valence-electron chi connectivity index (χ3n) is 2.42. The van der Waals surface area contributed by atoms with Gasteiger partial charge in [-0.05, 0) is 13.8 Å². The summed E-state index contributed by atoms with van der Waals surface area (Å²) in [6.45, 7) is 9.30. The molecule has 1 amide bonds. The molecule has 1 heterocycles. The number of hydrogen-bond donors (Lipinski definition) is 0. The summed E-state index contributed by atoms with van der Waals surface area (Å²) in [5.74, 6) is 0.325. The van der Waals surface area contributed by atoms with Crippen molar-refractivity contribution in [2.45, 2.75) is 39.8 Å². The predicted molar refractivity (Wildman–Crippen MR) is 51.4 cm³/mol. The lowest BCUT2D eigenvalue weighted by Gasteiger charge is -2.39. The second-order valence-electron chi connectivity index (χ2n) is 4.14. The number of carbonyl (C=O) groups excluding carboxylic acids is 1. The number of hydrogen-bond acceptors (Lipinski definition) is 2. The molecule has 1 aliphatic heterocycles. The van der Waals surface area contributed by atoms with E-state index in [0.717, 1.165) is 0 Å². The van der Waals surface area contributed by atoms with Crippen molar-refractivity contribution in [1.82, 2.24) is 4.90 Å². The Kier molecular flexibility index (Phi) is 3.31. The number of nitrogens with zero attached hydrogens (tertiary/aromatic N) is 1. The van der Waals surface area contributed by atoms with Crippen LogP contribution in [0.5, 0.6) is 0 Å². The molecule has 2 atom stereocenters. The van der Waals surface area contributed by atoms with Crippen molar-refractivity contribution in [2.24, 2.45) is 5.92 Å². The smallest absolute Gasteiger partial charge is 0.225 e. The van der Waals surface area contributed by atoms with Gasteiger partial charge < -0.3 is 9.64 Å². The van der Waals surface area contributed by atoms with Crippen LogP contribution in [0.25, 0.3) is 0 Å². The van der Waals surface area contributed by atoms with Crippen LogP contribution in [0.2, 0.25) is 0 Å². The van der Waals surface area contributed by atoms with E-state index in [-0.39, 0.29) is 23.9 Å². The maximum Gasteiger partial charge on any atom is 0.225 e. The van der Waals surface area contributed by atoms with Gasteiger partial charge in [0.05, 0.1) is 25.3 Å². The van der Waals surface area contributed by atoms with Gasteiger partial charge in [-0.15, -0.1) is 0 Å². The van der Waals surface area contributed by atoms with Gasteiger partial charge in [-0.2, -0.15) is 0 Å². The molecule has 0 radical (unpaired) electrons. The van der Waals surface area contributed by atoms with Gasteiger partial charge in [-0.3, -0.25) is 4.79 Å². The minimum absolute atomic E-state index is 0.0861. The molecule has 13 heavy (non-hydrogen) atoms. The van der Waals surface area contributed by atoms with Gasteiger partial charge in [0.25, 0.3) is 0 Å². The van der Waals surface area contributed by atoms with E-state index in [1.54, 1.807) is 0 Å². The standard InChI is InChI=1S/C10H19NO2/c1-7(2)10(12)11-8(3)5-13-6-9(11)4/h7-9H,5-6H2,1-4H3/t8-,9?/m1/s1. The highest BCUT2D eigenvalue weighted by Crippen LogP contribution is 2.16. The molecule has 0 aromatic rings. The Morgan fingerprint density at radius 2 is 1.77 bits per heavy atom. The monoisotopic (exact) mass is 185 g/mol. The minimum Gasteiger partial charge on any atom is -0.377 e. The molecule has 0 saturated carbocycles. The molecular weight excluding hydrogens is 166 g/mol. The van der Waals surface area contributed by atoms with Crippen molar-refractivity contribution in [3.8, 4) is 0 Å². The first-order valence-electron chi connectivity index (χ1n) is 4.94. The molecule has 1 unspecified atom stereocenters. The average molecular weight is 185 g/mol. The fourth-order valence-electron chi connectivity index (χ4n) is 1.74. The van der Waals surface area contributed by atoms with Crippen LogP contribution in [0.1, 0.15) is 27.7 Å². The first-order valence-corrected chi connectivity index (χ1v) is 4.94. The lowest BCUT2D eigenvalue weighted by molar-refractivity contribution is -0.147. The van der Waals surface area contributed by atoms with Crippen LogP contribution in [-0.4, -0.2) is 36.1 Å². The van der Waals surface area contributed by atoms with E-state index >= 15 is 0 Å². The molecule has 0 aromatic carbocycles. The van der Waals surface area contributed by atoms with E-state index in [0.29, 0.717) is 13.2 Å². The lowest BCUT2D eigenvalue weighted by Crippen LogP contribution is -2.53. The third-order valence-corrected chi connectivity index (χ3v) is 2.42. The highest BCUT2D eigenvalue weighted by atomic mass is 16.5. The van der Waals surface area contributed by atoms with Crippen LogP contribution in [0.3, 0.4) is 0 Å². The second-order valence-corrected chi connectivity index (χ2v) is 4.14. The summed E-state index contributed by atoms with van der Waals surface area (Å²) in [4.78, 5) is 13.7. The Hall–Kier alpha value is -0.570. The van der Waals surface area contributed by atoms with E-state index in [9.17, 15) is 4.79 Å². The number of amides is 1. The van der Waals surface area contributed by atoms with Crippen molar-refractivity contribution in [2.75, 3.05) is 13.2 Å². The highest BCUT2D eigenvalue weighted by Gasteiger charge is 2.30. The van der Waals surface area contributed by atoms with Crippen molar-refractivity contribution < 1.29 is 9.53 Å². The quantitative estimate of drug-likeness (QED) is 0.616. The normalized spacial score (nSPS) is 29.5. The van der Waals surface area contributed by atoms with Gasteiger partial charge in [0.15, 0.2) is 0 Å². The number of morpholine rings is 1. The molecule has 0 aliphatic carbocycles. The first-order chi connectivity index (χ1) is 6.04. The molecule has 1 rings (SSSR count). The Morgan fingerprint density at radius 3 is 2.15 bits per heavy atom. The number of ether oxygens (including phenoxy) is 1. The van der Waals surface area contributed by atoms with Crippen LogP contribution in [0, 0.1) is 5.92 Å². The Balaban J connectivity index is 2.68. The largest absolute Gasteiger partial charge is 0.377 e. The lowest BCUT2D eigenvalue weighted by atomic mass is 10.1. The maximum atomic E-state index is 11.8. The fourth-order valence-corrected chi connectivity index (χ4v) is 1.74. The first kappa shape index (κ1) is 10.5. The fraction of sp³-hybridized carbons (Fsp3) is 0.900. The maximum absolute atomic E-state index is 11.8. The topological polar surface area (TPSA) is 29.5 Å². The van der Waals surface area contributed by atoms with Gasteiger partial charge in [-0.25, -0.2) is 0 Å². The van der Waals surface area contributed by atoms with Crippen molar-refractivity contribution >= 4 is 5.91 Å². The van der Waals surface area contributed by atoms with E-state index < -0.39 is 0 Å². The summed E-state index contributed by atoms with van der Waals surface area (Å²) < 4.78 is 5.36. The van der Waals surface area contributed by atoms with Crippen molar-refractivity contribution in [3.63, 3.8) is 0 Å². The Bertz CT molecular complexity index is 181. The average Bonchev–Trinajstić information content (AvgIpc) is 2.03. The summed E-state index contributed by atoms with van der Waals surface area (Å²) in [5.41, 5.74) is 0. The predicted octanol–water partition coefficient (Wildman–Crippen LogP) is 1.28. The van der Waals surface area contributed by atoms with Crippen LogP contribution < -0.4 is 0 Å². The van der Waals surface area contributed by atoms with Gasteiger partial charge in [-0.1, -0.05) is 13.8 Å². The van der Waals surface area contributed by atoms with Crippen molar-refractivity contribution in [1.29, 1.82) is 0 Å². The van der Waals surface area contributed by atoms with Gasteiger partial charge in [0, 0.05) is 5.92 Å². The van der Waals surface area contributed by atoms with Crippen LogP contribution >= 0.6 is 0 Å². The molecule has 76 valence electrons. The molecule has 0 bridgehead atoms. The zero-order valence-electron chi connectivity index (χ0n) is 8.91.